The molecular weight excluding hydrogens is 266 g/mol. The molecule has 0 aliphatic rings. The van der Waals surface area contributed by atoms with Crippen LogP contribution in [0.1, 0.15) is 20.3 Å². The van der Waals surface area contributed by atoms with Crippen molar-refractivity contribution in [1.82, 2.24) is 14.9 Å². The molecule has 8 heteroatoms. The number of hydrogen-bond donors (Lipinski definition) is 1. The van der Waals surface area contributed by atoms with Gasteiger partial charge in [-0.2, -0.15) is 0 Å². The van der Waals surface area contributed by atoms with E-state index < -0.39 is 9.05 Å². The zero-order valence-electron chi connectivity index (χ0n) is 9.55. The van der Waals surface area contributed by atoms with Gasteiger partial charge in [0.15, 0.2) is 5.03 Å². The van der Waals surface area contributed by atoms with Crippen LogP contribution in [0.2, 0.25) is 0 Å². The molecule has 1 rings (SSSR count). The molecule has 1 aromatic heterocycles. The number of carbonyl (C=O) groups is 1. The summed E-state index contributed by atoms with van der Waals surface area (Å²) in [5, 5.41) is 2.50. The van der Waals surface area contributed by atoms with E-state index in [1.54, 1.807) is 0 Å². The van der Waals surface area contributed by atoms with E-state index in [2.05, 4.69) is 10.3 Å². The molecule has 0 aliphatic carbocycles. The van der Waals surface area contributed by atoms with Crippen LogP contribution in [0.25, 0.3) is 0 Å². The maximum Gasteiger partial charge on any atom is 0.280 e. The van der Waals surface area contributed by atoms with Crippen molar-refractivity contribution in [2.24, 2.45) is 0 Å². The van der Waals surface area contributed by atoms with E-state index in [1.807, 2.05) is 13.8 Å². The molecule has 0 aromatic carbocycles. The molecule has 1 heterocycles. The van der Waals surface area contributed by atoms with Crippen molar-refractivity contribution < 1.29 is 13.2 Å². The van der Waals surface area contributed by atoms with Crippen molar-refractivity contribution in [3.8, 4) is 0 Å². The van der Waals surface area contributed by atoms with Gasteiger partial charge in [0.25, 0.3) is 9.05 Å². The molecule has 1 N–H and O–H groups in total. The average Bonchev–Trinajstić information content (AvgIpc) is 2.65. The number of amides is 1. The van der Waals surface area contributed by atoms with E-state index in [1.165, 1.54) is 17.1 Å². The smallest absolute Gasteiger partial charge is 0.280 e. The summed E-state index contributed by atoms with van der Waals surface area (Å²) >= 11 is 0. The Bertz CT molecular complexity index is 497. The van der Waals surface area contributed by atoms with Crippen molar-refractivity contribution in [2.45, 2.75) is 37.9 Å². The molecule has 1 amide bonds. The van der Waals surface area contributed by atoms with Gasteiger partial charge in [-0.3, -0.25) is 4.79 Å². The largest absolute Gasteiger partial charge is 0.352 e. The third-order valence-corrected chi connectivity index (χ3v) is 3.39. The Balaban J connectivity index is 2.64. The molecule has 96 valence electrons. The highest BCUT2D eigenvalue weighted by molar-refractivity contribution is 8.13. The van der Waals surface area contributed by atoms with E-state index in [0.29, 0.717) is 0 Å². The normalized spacial score (nSPS) is 13.4. The fourth-order valence-electron chi connectivity index (χ4n) is 1.14. The quantitative estimate of drug-likeness (QED) is 0.806. The number of hydrogen-bond acceptors (Lipinski definition) is 4. The fraction of sp³-hybridized carbons (Fsp3) is 0.556. The van der Waals surface area contributed by atoms with Gasteiger partial charge in [0.05, 0.1) is 6.33 Å². The lowest BCUT2D eigenvalue weighted by Crippen LogP contribution is -2.34. The Kier molecular flexibility index (Phi) is 4.53. The monoisotopic (exact) mass is 279 g/mol. The maximum atomic E-state index is 11.5. The second-order valence-electron chi connectivity index (χ2n) is 3.70. The van der Waals surface area contributed by atoms with Gasteiger partial charge in [0.2, 0.25) is 5.91 Å². The van der Waals surface area contributed by atoms with Gasteiger partial charge in [0, 0.05) is 22.9 Å². The molecule has 17 heavy (non-hydrogen) atoms. The summed E-state index contributed by atoms with van der Waals surface area (Å²) in [6.07, 6.45) is 3.31. The van der Waals surface area contributed by atoms with Crippen LogP contribution in [0, 0.1) is 0 Å². The van der Waals surface area contributed by atoms with E-state index in [0.717, 1.165) is 6.42 Å². The summed E-state index contributed by atoms with van der Waals surface area (Å²) < 4.78 is 23.3. The molecule has 0 saturated heterocycles. The predicted octanol–water partition coefficient (Wildman–Crippen LogP) is 0.725. The number of nitrogens with one attached hydrogen (secondary N) is 1. The molecule has 6 nitrogen and oxygen atoms in total. The summed E-state index contributed by atoms with van der Waals surface area (Å²) in [4.78, 5) is 15.1. The number of imidazole rings is 1. The average molecular weight is 280 g/mol. The minimum absolute atomic E-state index is 0.0176. The van der Waals surface area contributed by atoms with Gasteiger partial charge in [-0.25, -0.2) is 13.4 Å². The van der Waals surface area contributed by atoms with Gasteiger partial charge in [-0.15, -0.1) is 0 Å². The minimum atomic E-state index is -3.84. The Hall–Kier alpha value is -1.08. The molecule has 0 radical (unpaired) electrons. The number of aromatic nitrogens is 2. The first kappa shape index (κ1) is 14.0. The SMILES string of the molecule is CCC(C)NC(=O)Cn1cnc(S(=O)(=O)Cl)c1. The number of nitrogens with zero attached hydrogens (tertiary/aromatic N) is 2. The lowest BCUT2D eigenvalue weighted by Gasteiger charge is -2.11. The van der Waals surface area contributed by atoms with Crippen molar-refractivity contribution in [3.05, 3.63) is 12.5 Å². The van der Waals surface area contributed by atoms with Gasteiger partial charge in [0.1, 0.15) is 6.54 Å². The molecule has 1 aromatic rings. The number of halogens is 1. The fourth-order valence-corrected chi connectivity index (χ4v) is 1.81. The summed E-state index contributed by atoms with van der Waals surface area (Å²) in [6, 6.07) is 0.0854. The van der Waals surface area contributed by atoms with Crippen LogP contribution in [0.3, 0.4) is 0 Å². The van der Waals surface area contributed by atoms with Crippen LogP contribution in [0.4, 0.5) is 0 Å². The van der Waals surface area contributed by atoms with Crippen LogP contribution in [-0.2, 0) is 20.4 Å². The second kappa shape index (κ2) is 5.50. The van der Waals surface area contributed by atoms with Gasteiger partial charge < -0.3 is 9.88 Å². The molecular formula is C9H14ClN3O3S. The van der Waals surface area contributed by atoms with E-state index in [9.17, 15) is 13.2 Å². The number of carbonyl (C=O) groups excluding carboxylic acids is 1. The zero-order valence-corrected chi connectivity index (χ0v) is 11.1. The third kappa shape index (κ3) is 4.35. The molecule has 1 atom stereocenters. The zero-order chi connectivity index (χ0) is 13.1. The first-order chi connectivity index (χ1) is 7.82. The first-order valence-electron chi connectivity index (χ1n) is 5.08. The molecule has 0 fully saturated rings. The molecule has 0 aliphatic heterocycles. The van der Waals surface area contributed by atoms with Crippen molar-refractivity contribution in [2.75, 3.05) is 0 Å². The minimum Gasteiger partial charge on any atom is -0.352 e. The lowest BCUT2D eigenvalue weighted by molar-refractivity contribution is -0.122. The summed E-state index contributed by atoms with van der Waals surface area (Å²) in [7, 11) is 1.27. The highest BCUT2D eigenvalue weighted by Gasteiger charge is 2.14. The van der Waals surface area contributed by atoms with Crippen LogP contribution in [0.5, 0.6) is 0 Å². The highest BCUT2D eigenvalue weighted by atomic mass is 35.7. The Morgan fingerprint density at radius 1 is 1.65 bits per heavy atom. The highest BCUT2D eigenvalue weighted by Crippen LogP contribution is 2.10. The van der Waals surface area contributed by atoms with Crippen LogP contribution >= 0.6 is 10.7 Å². The van der Waals surface area contributed by atoms with Gasteiger partial charge >= 0.3 is 0 Å². The summed E-state index contributed by atoms with van der Waals surface area (Å²) in [5.41, 5.74) is 0. The van der Waals surface area contributed by atoms with Gasteiger partial charge in [-0.1, -0.05) is 6.92 Å². The number of rotatable bonds is 5. The third-order valence-electron chi connectivity index (χ3n) is 2.21. The van der Waals surface area contributed by atoms with Crippen molar-refractivity contribution >= 4 is 25.6 Å². The molecule has 1 unspecified atom stereocenters. The van der Waals surface area contributed by atoms with E-state index >= 15 is 0 Å². The van der Waals surface area contributed by atoms with Crippen LogP contribution in [-0.4, -0.2) is 29.9 Å². The Labute approximate surface area is 104 Å². The molecule has 0 saturated carbocycles. The Morgan fingerprint density at radius 2 is 2.29 bits per heavy atom. The molecule has 0 spiro atoms. The second-order valence-corrected chi connectivity index (χ2v) is 6.21. The van der Waals surface area contributed by atoms with Gasteiger partial charge in [-0.05, 0) is 13.3 Å². The van der Waals surface area contributed by atoms with E-state index in [-0.39, 0.29) is 23.5 Å². The van der Waals surface area contributed by atoms with E-state index in [4.69, 9.17) is 10.7 Å². The first-order valence-corrected chi connectivity index (χ1v) is 7.39. The standard InChI is InChI=1S/C9H14ClN3O3S/c1-3-7(2)12-8(14)4-13-5-9(11-6-13)17(10,15)16/h5-7H,3-4H2,1-2H3,(H,12,14). The summed E-state index contributed by atoms with van der Waals surface area (Å²) in [5.74, 6) is -0.199. The Morgan fingerprint density at radius 3 is 2.76 bits per heavy atom. The van der Waals surface area contributed by atoms with Crippen molar-refractivity contribution in [1.29, 1.82) is 0 Å². The summed E-state index contributed by atoms with van der Waals surface area (Å²) in [6.45, 7) is 3.87. The lowest BCUT2D eigenvalue weighted by atomic mass is 10.2. The van der Waals surface area contributed by atoms with Crippen molar-refractivity contribution in [3.63, 3.8) is 0 Å². The van der Waals surface area contributed by atoms with Crippen LogP contribution in [0.15, 0.2) is 17.6 Å². The topological polar surface area (TPSA) is 81.1 Å². The maximum absolute atomic E-state index is 11.5. The predicted molar refractivity (Wildman–Crippen MR) is 63.2 cm³/mol. The van der Waals surface area contributed by atoms with Crippen LogP contribution < -0.4 is 5.32 Å². The molecule has 0 bridgehead atoms.